The predicted octanol–water partition coefficient (Wildman–Crippen LogP) is 5.25. The first-order valence-corrected chi connectivity index (χ1v) is 13.1. The van der Waals surface area contributed by atoms with Crippen LogP contribution in [0.3, 0.4) is 0 Å². The number of aliphatic hydroxyl groups excluding tert-OH is 1. The van der Waals surface area contributed by atoms with Crippen molar-refractivity contribution in [2.24, 2.45) is 13.0 Å². The van der Waals surface area contributed by atoms with Crippen molar-refractivity contribution in [3.8, 4) is 16.8 Å². The van der Waals surface area contributed by atoms with Gasteiger partial charge in [0.2, 0.25) is 0 Å². The van der Waals surface area contributed by atoms with Gasteiger partial charge in [-0.25, -0.2) is 9.48 Å². The molecule has 2 aliphatic carbocycles. The lowest BCUT2D eigenvalue weighted by molar-refractivity contribution is 0.0695. The maximum Gasteiger partial charge on any atom is 0.339 e. The molecule has 2 aromatic carbocycles. The second kappa shape index (κ2) is 9.59. The smallest absolute Gasteiger partial charge is 0.339 e. The Morgan fingerprint density at radius 1 is 1.03 bits per heavy atom. The summed E-state index contributed by atoms with van der Waals surface area (Å²) >= 11 is 0. The maximum atomic E-state index is 12.1. The van der Waals surface area contributed by atoms with Crippen LogP contribution >= 0.6 is 0 Å². The fraction of sp³-hybridized carbons (Fsp3) is 0.379. The highest BCUT2D eigenvalue weighted by molar-refractivity contribution is 5.89. The largest absolute Gasteiger partial charge is 0.478 e. The third kappa shape index (κ3) is 4.57. The molecule has 8 heteroatoms. The molecule has 2 N–H and O–H groups in total. The Morgan fingerprint density at radius 2 is 1.78 bits per heavy atom. The third-order valence-electron chi connectivity index (χ3n) is 7.93. The SMILES string of the molecule is Cn1cc(C2CC2c2c(C(=O)O)cnn2-c2cccc(-c3cccc(C(O)C4CCCCC4)c3)c2)nn1. The van der Waals surface area contributed by atoms with Crippen molar-refractivity contribution in [3.05, 3.63) is 83.4 Å². The molecule has 0 bridgehead atoms. The Balaban J connectivity index is 1.32. The second-order valence-corrected chi connectivity index (χ2v) is 10.4. The topological polar surface area (TPSA) is 106 Å². The summed E-state index contributed by atoms with van der Waals surface area (Å²) in [4.78, 5) is 12.1. The molecule has 0 saturated heterocycles. The first-order valence-electron chi connectivity index (χ1n) is 13.1. The molecule has 2 fully saturated rings. The lowest BCUT2D eigenvalue weighted by atomic mass is 9.82. The number of rotatable bonds is 7. The minimum atomic E-state index is -0.980. The van der Waals surface area contributed by atoms with Gasteiger partial charge in [-0.15, -0.1) is 5.10 Å². The minimum Gasteiger partial charge on any atom is -0.478 e. The highest BCUT2D eigenvalue weighted by atomic mass is 16.4. The number of hydrogen-bond donors (Lipinski definition) is 2. The van der Waals surface area contributed by atoms with E-state index in [4.69, 9.17) is 0 Å². The van der Waals surface area contributed by atoms with Gasteiger partial charge in [-0.3, -0.25) is 4.68 Å². The quantitative estimate of drug-likeness (QED) is 0.361. The number of carboxylic acids is 1. The van der Waals surface area contributed by atoms with Gasteiger partial charge in [0.15, 0.2) is 0 Å². The summed E-state index contributed by atoms with van der Waals surface area (Å²) in [5.74, 6) is -0.518. The van der Waals surface area contributed by atoms with Crippen LogP contribution in [0.15, 0.2) is 60.9 Å². The summed E-state index contributed by atoms with van der Waals surface area (Å²) < 4.78 is 3.43. The number of aryl methyl sites for hydroxylation is 1. The van der Waals surface area contributed by atoms with E-state index in [1.807, 2.05) is 55.7 Å². The van der Waals surface area contributed by atoms with E-state index in [2.05, 4.69) is 21.5 Å². The average Bonchev–Trinajstić information content (AvgIpc) is 3.37. The van der Waals surface area contributed by atoms with Gasteiger partial charge in [0.25, 0.3) is 0 Å². The van der Waals surface area contributed by atoms with Crippen molar-refractivity contribution in [1.29, 1.82) is 0 Å². The second-order valence-electron chi connectivity index (χ2n) is 10.4. The normalized spacial score (nSPS) is 20.6. The summed E-state index contributed by atoms with van der Waals surface area (Å²) in [6.45, 7) is 0. The van der Waals surface area contributed by atoms with Gasteiger partial charge < -0.3 is 10.2 Å². The molecular weight excluding hydrogens is 466 g/mol. The Labute approximate surface area is 215 Å². The molecule has 3 unspecified atom stereocenters. The molecule has 2 aromatic heterocycles. The molecule has 0 radical (unpaired) electrons. The fourth-order valence-corrected chi connectivity index (χ4v) is 5.89. The van der Waals surface area contributed by atoms with Crippen LogP contribution in [0.1, 0.15) is 83.8 Å². The fourth-order valence-electron chi connectivity index (χ4n) is 5.89. The molecule has 2 aliphatic rings. The zero-order valence-corrected chi connectivity index (χ0v) is 20.9. The molecular formula is C29H31N5O3. The molecule has 4 aromatic rings. The summed E-state index contributed by atoms with van der Waals surface area (Å²) in [7, 11) is 1.83. The number of aromatic carboxylic acids is 1. The number of carbonyl (C=O) groups is 1. The van der Waals surface area contributed by atoms with Crippen LogP contribution in [-0.2, 0) is 7.05 Å². The zero-order valence-electron chi connectivity index (χ0n) is 20.9. The van der Waals surface area contributed by atoms with Gasteiger partial charge in [0, 0.05) is 25.1 Å². The lowest BCUT2D eigenvalue weighted by Gasteiger charge is -2.27. The van der Waals surface area contributed by atoms with Gasteiger partial charge >= 0.3 is 5.97 Å². The Hall–Kier alpha value is -3.78. The lowest BCUT2D eigenvalue weighted by Crippen LogP contribution is -2.15. The molecule has 2 heterocycles. The Morgan fingerprint density at radius 3 is 2.51 bits per heavy atom. The van der Waals surface area contributed by atoms with Crippen LogP contribution < -0.4 is 0 Å². The van der Waals surface area contributed by atoms with Gasteiger partial charge in [-0.2, -0.15) is 5.10 Å². The molecule has 0 aliphatic heterocycles. The molecule has 2 saturated carbocycles. The van der Waals surface area contributed by atoms with Crippen molar-refractivity contribution < 1.29 is 15.0 Å². The molecule has 0 spiro atoms. The van der Waals surface area contributed by atoms with E-state index in [1.165, 1.54) is 25.5 Å². The van der Waals surface area contributed by atoms with E-state index >= 15 is 0 Å². The number of benzene rings is 2. The van der Waals surface area contributed by atoms with Crippen LogP contribution in [-0.4, -0.2) is 41.0 Å². The van der Waals surface area contributed by atoms with Crippen LogP contribution in [0.25, 0.3) is 16.8 Å². The van der Waals surface area contributed by atoms with Crippen LogP contribution in [0.5, 0.6) is 0 Å². The first-order chi connectivity index (χ1) is 18.0. The summed E-state index contributed by atoms with van der Waals surface area (Å²) in [5.41, 5.74) is 5.57. The maximum absolute atomic E-state index is 12.1. The van der Waals surface area contributed by atoms with E-state index in [0.29, 0.717) is 11.6 Å². The molecule has 6 rings (SSSR count). The van der Waals surface area contributed by atoms with Crippen LogP contribution in [0.2, 0.25) is 0 Å². The van der Waals surface area contributed by atoms with E-state index in [0.717, 1.165) is 47.3 Å². The molecule has 8 nitrogen and oxygen atoms in total. The number of hydrogen-bond acceptors (Lipinski definition) is 5. The van der Waals surface area contributed by atoms with Crippen LogP contribution in [0.4, 0.5) is 0 Å². The Bertz CT molecular complexity index is 1430. The monoisotopic (exact) mass is 497 g/mol. The molecule has 190 valence electrons. The third-order valence-corrected chi connectivity index (χ3v) is 7.93. The average molecular weight is 498 g/mol. The Kier molecular flexibility index (Phi) is 6.12. The highest BCUT2D eigenvalue weighted by Crippen LogP contribution is 2.55. The van der Waals surface area contributed by atoms with Gasteiger partial charge in [0.05, 0.1) is 29.4 Å². The van der Waals surface area contributed by atoms with E-state index in [-0.39, 0.29) is 17.4 Å². The predicted molar refractivity (Wildman–Crippen MR) is 139 cm³/mol. The zero-order chi connectivity index (χ0) is 25.5. The van der Waals surface area contributed by atoms with Crippen molar-refractivity contribution in [2.45, 2.75) is 56.5 Å². The minimum absolute atomic E-state index is 0.0166. The highest BCUT2D eigenvalue weighted by Gasteiger charge is 2.46. The number of aliphatic hydroxyl groups is 1. The van der Waals surface area contributed by atoms with Gasteiger partial charge in [-0.05, 0) is 60.1 Å². The molecule has 3 atom stereocenters. The van der Waals surface area contributed by atoms with Crippen molar-refractivity contribution in [3.63, 3.8) is 0 Å². The summed E-state index contributed by atoms with van der Waals surface area (Å²) in [6.07, 6.45) is 9.48. The summed E-state index contributed by atoms with van der Waals surface area (Å²) in [5, 5.41) is 33.7. The van der Waals surface area contributed by atoms with Crippen molar-refractivity contribution in [2.75, 3.05) is 0 Å². The number of nitrogens with zero attached hydrogens (tertiary/aromatic N) is 5. The van der Waals surface area contributed by atoms with Crippen LogP contribution in [0, 0.1) is 5.92 Å². The van der Waals surface area contributed by atoms with E-state index in [1.54, 1.807) is 9.36 Å². The van der Waals surface area contributed by atoms with Gasteiger partial charge in [0.1, 0.15) is 5.56 Å². The van der Waals surface area contributed by atoms with E-state index < -0.39 is 12.1 Å². The molecule has 0 amide bonds. The van der Waals surface area contributed by atoms with Crippen molar-refractivity contribution in [1.82, 2.24) is 24.8 Å². The van der Waals surface area contributed by atoms with E-state index in [9.17, 15) is 15.0 Å². The standard InChI is InChI=1S/C29H31N5O3/c1-33-17-26(31-32-33)23-15-24(23)27-25(29(36)37)16-30-34(27)22-12-6-10-20(14-22)19-9-5-11-21(13-19)28(35)18-7-3-2-4-8-18/h5-6,9-14,16-18,23-24,28,35H,2-4,7-8,15H2,1H3,(H,36,37). The van der Waals surface area contributed by atoms with Gasteiger partial charge in [-0.1, -0.05) is 54.8 Å². The first kappa shape index (κ1) is 23.6. The number of carboxylic acid groups (broad SMARTS) is 1. The number of aromatic nitrogens is 5. The summed E-state index contributed by atoms with van der Waals surface area (Å²) in [6, 6.07) is 16.1. The van der Waals surface area contributed by atoms with Crippen molar-refractivity contribution >= 4 is 5.97 Å². The molecule has 37 heavy (non-hydrogen) atoms.